The molecule has 0 radical (unpaired) electrons. The quantitative estimate of drug-likeness (QED) is 0.925. The molecule has 0 amide bonds. The third-order valence-electron chi connectivity index (χ3n) is 2.43. The van der Waals surface area contributed by atoms with Gasteiger partial charge in [-0.15, -0.1) is 22.7 Å². The van der Waals surface area contributed by atoms with Gasteiger partial charge in [-0.3, -0.25) is 0 Å². The summed E-state index contributed by atoms with van der Waals surface area (Å²) < 4.78 is 0.789. The number of hydrogen-bond donors (Lipinski definition) is 1. The number of aromatic nitrogens is 1. The Kier molecular flexibility index (Phi) is 3.64. The van der Waals surface area contributed by atoms with E-state index >= 15 is 0 Å². The number of hydrogen-bond acceptors (Lipinski definition) is 4. The van der Waals surface area contributed by atoms with Gasteiger partial charge in [-0.25, -0.2) is 4.98 Å². The fraction of sp³-hybridized carbons (Fsp3) is 0.364. The van der Waals surface area contributed by atoms with Crippen LogP contribution in [0.5, 0.6) is 0 Å². The third kappa shape index (κ3) is 2.63. The van der Waals surface area contributed by atoms with Crippen molar-refractivity contribution in [2.75, 3.05) is 0 Å². The molecule has 0 aliphatic carbocycles. The minimum Gasteiger partial charge on any atom is -0.323 e. The molecule has 1 unspecified atom stereocenters. The lowest BCUT2D eigenvalue weighted by Gasteiger charge is -2.06. The van der Waals surface area contributed by atoms with E-state index in [0.29, 0.717) is 0 Å². The molecule has 0 aliphatic rings. The van der Waals surface area contributed by atoms with Gasteiger partial charge in [0.2, 0.25) is 0 Å². The summed E-state index contributed by atoms with van der Waals surface area (Å²) in [6.07, 6.45) is 0.788. The maximum absolute atomic E-state index is 6.12. The summed E-state index contributed by atoms with van der Waals surface area (Å²) in [5.74, 6) is 0. The van der Waals surface area contributed by atoms with Crippen molar-refractivity contribution in [1.82, 2.24) is 4.98 Å². The van der Waals surface area contributed by atoms with Gasteiger partial charge in [0, 0.05) is 22.2 Å². The van der Waals surface area contributed by atoms with Crippen LogP contribution in [0.15, 0.2) is 12.1 Å². The van der Waals surface area contributed by atoms with Gasteiger partial charge in [-0.05, 0) is 26.0 Å². The number of thiophene rings is 1. The molecule has 0 spiro atoms. The van der Waals surface area contributed by atoms with Gasteiger partial charge in [0.25, 0.3) is 0 Å². The largest absolute Gasteiger partial charge is 0.323 e. The predicted octanol–water partition coefficient (Wildman–Crippen LogP) is 3.72. The first-order chi connectivity index (χ1) is 7.56. The van der Waals surface area contributed by atoms with Gasteiger partial charge in [0.15, 0.2) is 0 Å². The highest BCUT2D eigenvalue weighted by Gasteiger charge is 2.12. The van der Waals surface area contributed by atoms with Crippen molar-refractivity contribution in [3.8, 4) is 0 Å². The Morgan fingerprint density at radius 3 is 2.62 bits per heavy atom. The van der Waals surface area contributed by atoms with Crippen molar-refractivity contribution in [1.29, 1.82) is 0 Å². The van der Waals surface area contributed by atoms with Crippen molar-refractivity contribution in [3.63, 3.8) is 0 Å². The highest BCUT2D eigenvalue weighted by molar-refractivity contribution is 7.16. The molecule has 2 rings (SSSR count). The lowest BCUT2D eigenvalue weighted by atomic mass is 10.2. The van der Waals surface area contributed by atoms with Crippen molar-refractivity contribution in [2.24, 2.45) is 5.73 Å². The van der Waals surface area contributed by atoms with Crippen molar-refractivity contribution >= 4 is 34.3 Å². The van der Waals surface area contributed by atoms with Crippen molar-refractivity contribution < 1.29 is 0 Å². The second-order valence-corrected chi connectivity index (χ2v) is 6.74. The summed E-state index contributed by atoms with van der Waals surface area (Å²) >= 11 is 9.15. The predicted molar refractivity (Wildman–Crippen MR) is 71.5 cm³/mol. The van der Waals surface area contributed by atoms with Crippen LogP contribution in [-0.4, -0.2) is 4.98 Å². The summed E-state index contributed by atoms with van der Waals surface area (Å²) in [6, 6.07) is 3.88. The molecule has 0 saturated heterocycles. The molecule has 0 aliphatic heterocycles. The normalized spacial score (nSPS) is 13.0. The smallest absolute Gasteiger partial charge is 0.0950 e. The van der Waals surface area contributed by atoms with Crippen LogP contribution in [0.2, 0.25) is 4.34 Å². The van der Waals surface area contributed by atoms with E-state index in [0.717, 1.165) is 26.3 Å². The Hall–Kier alpha value is -0.420. The van der Waals surface area contributed by atoms with E-state index in [1.807, 2.05) is 19.1 Å². The van der Waals surface area contributed by atoms with E-state index in [9.17, 15) is 0 Å². The van der Waals surface area contributed by atoms with Gasteiger partial charge in [0.05, 0.1) is 15.0 Å². The van der Waals surface area contributed by atoms with Gasteiger partial charge >= 0.3 is 0 Å². The monoisotopic (exact) mass is 272 g/mol. The Labute approximate surface area is 108 Å². The molecule has 0 bridgehead atoms. The lowest BCUT2D eigenvalue weighted by Crippen LogP contribution is -2.11. The van der Waals surface area contributed by atoms with Crippen LogP contribution in [0, 0.1) is 13.8 Å². The Morgan fingerprint density at radius 1 is 1.38 bits per heavy atom. The first-order valence-corrected chi connectivity index (χ1v) is 7.01. The van der Waals surface area contributed by atoms with E-state index in [4.69, 9.17) is 17.3 Å². The first-order valence-electron chi connectivity index (χ1n) is 5.00. The van der Waals surface area contributed by atoms with Crippen LogP contribution < -0.4 is 5.73 Å². The fourth-order valence-electron chi connectivity index (χ4n) is 1.44. The number of nitrogens with two attached hydrogens (primary N) is 1. The molecule has 2 heterocycles. The first kappa shape index (κ1) is 12.0. The van der Waals surface area contributed by atoms with E-state index in [1.165, 1.54) is 4.88 Å². The summed E-state index contributed by atoms with van der Waals surface area (Å²) in [4.78, 5) is 6.88. The molecule has 2 aromatic rings. The molecule has 1 atom stereocenters. The maximum atomic E-state index is 6.12. The SMILES string of the molecule is Cc1nc(CC(N)c2ccc(Cl)s2)sc1C. The summed E-state index contributed by atoms with van der Waals surface area (Å²) in [7, 11) is 0. The number of thiazole rings is 1. The average Bonchev–Trinajstić information content (AvgIpc) is 2.75. The minimum atomic E-state index is 0.00227. The van der Waals surface area contributed by atoms with Gasteiger partial charge < -0.3 is 5.73 Å². The zero-order valence-corrected chi connectivity index (χ0v) is 11.5. The Balaban J connectivity index is 2.10. The fourth-order valence-corrected chi connectivity index (χ4v) is 3.50. The zero-order valence-electron chi connectivity index (χ0n) is 9.16. The summed E-state index contributed by atoms with van der Waals surface area (Å²) in [6.45, 7) is 4.12. The molecule has 0 saturated carbocycles. The Bertz CT molecular complexity index is 470. The maximum Gasteiger partial charge on any atom is 0.0950 e. The molecule has 2 N–H and O–H groups in total. The van der Waals surface area contributed by atoms with Crippen LogP contribution >= 0.6 is 34.3 Å². The molecular formula is C11H13ClN2S2. The second kappa shape index (κ2) is 4.84. The number of rotatable bonds is 3. The average molecular weight is 273 g/mol. The second-order valence-electron chi connectivity index (χ2n) is 3.70. The topological polar surface area (TPSA) is 38.9 Å². The third-order valence-corrected chi connectivity index (χ3v) is 4.89. The molecule has 2 aromatic heterocycles. The van der Waals surface area contributed by atoms with Crippen LogP contribution in [0.1, 0.15) is 26.5 Å². The number of aryl methyl sites for hydroxylation is 2. The van der Waals surface area contributed by atoms with Gasteiger partial charge in [0.1, 0.15) is 0 Å². The van der Waals surface area contributed by atoms with E-state index in [1.54, 1.807) is 22.7 Å². The van der Waals surface area contributed by atoms with Gasteiger partial charge in [-0.1, -0.05) is 11.6 Å². The molecular weight excluding hydrogens is 260 g/mol. The highest BCUT2D eigenvalue weighted by atomic mass is 35.5. The molecule has 5 heteroatoms. The zero-order chi connectivity index (χ0) is 11.7. The lowest BCUT2D eigenvalue weighted by molar-refractivity contribution is 0.731. The van der Waals surface area contributed by atoms with Crippen LogP contribution in [0.25, 0.3) is 0 Å². The van der Waals surface area contributed by atoms with E-state index in [2.05, 4.69) is 11.9 Å². The highest BCUT2D eigenvalue weighted by Crippen LogP contribution is 2.28. The number of halogens is 1. The van der Waals surface area contributed by atoms with Gasteiger partial charge in [-0.2, -0.15) is 0 Å². The molecule has 0 aromatic carbocycles. The minimum absolute atomic E-state index is 0.00227. The number of nitrogens with zero attached hydrogens (tertiary/aromatic N) is 1. The van der Waals surface area contributed by atoms with Crippen molar-refractivity contribution in [3.05, 3.63) is 36.9 Å². The van der Waals surface area contributed by atoms with Crippen LogP contribution in [0.3, 0.4) is 0 Å². The van der Waals surface area contributed by atoms with Crippen LogP contribution in [-0.2, 0) is 6.42 Å². The Morgan fingerprint density at radius 2 is 2.12 bits per heavy atom. The standard InChI is InChI=1S/C11H13ClN2S2/c1-6-7(2)15-11(14-6)5-8(13)9-3-4-10(12)16-9/h3-4,8H,5,13H2,1-2H3. The molecule has 86 valence electrons. The molecule has 0 fully saturated rings. The van der Waals surface area contributed by atoms with Crippen LogP contribution in [0.4, 0.5) is 0 Å². The molecule has 16 heavy (non-hydrogen) atoms. The summed E-state index contributed by atoms with van der Waals surface area (Å²) in [5, 5.41) is 1.10. The van der Waals surface area contributed by atoms with E-state index < -0.39 is 0 Å². The molecule has 2 nitrogen and oxygen atoms in total. The van der Waals surface area contributed by atoms with Crippen molar-refractivity contribution in [2.45, 2.75) is 26.3 Å². The van der Waals surface area contributed by atoms with E-state index in [-0.39, 0.29) is 6.04 Å². The summed E-state index contributed by atoms with van der Waals surface area (Å²) in [5.41, 5.74) is 7.23.